The van der Waals surface area contributed by atoms with Gasteiger partial charge in [0.25, 0.3) is 0 Å². The maximum absolute atomic E-state index is 6.11. The Morgan fingerprint density at radius 3 is 2.21 bits per heavy atom. The zero-order valence-corrected chi connectivity index (χ0v) is 12.0. The van der Waals surface area contributed by atoms with Crippen LogP contribution in [0.5, 0.6) is 0 Å². The molecular weight excluding hydrogens is 234 g/mol. The zero-order chi connectivity index (χ0) is 13.3. The summed E-state index contributed by atoms with van der Waals surface area (Å²) in [5, 5.41) is 0. The van der Waals surface area contributed by atoms with Crippen molar-refractivity contribution in [3.05, 3.63) is 35.4 Å². The lowest BCUT2D eigenvalue weighted by atomic mass is 9.77. The molecule has 2 fully saturated rings. The van der Waals surface area contributed by atoms with Gasteiger partial charge in [-0.25, -0.2) is 0 Å². The first-order valence-electron chi connectivity index (χ1n) is 7.55. The zero-order valence-electron chi connectivity index (χ0n) is 12.0. The maximum atomic E-state index is 6.11. The molecule has 3 rings (SSSR count). The molecule has 104 valence electrons. The van der Waals surface area contributed by atoms with Gasteiger partial charge in [0.1, 0.15) is 0 Å². The van der Waals surface area contributed by atoms with Crippen LogP contribution in [-0.2, 0) is 15.6 Å². The quantitative estimate of drug-likeness (QED) is 0.881. The van der Waals surface area contributed by atoms with Crippen LogP contribution in [0, 0.1) is 0 Å². The number of hydrogen-bond acceptors (Lipinski definition) is 2. The van der Waals surface area contributed by atoms with E-state index in [1.807, 2.05) is 7.11 Å². The van der Waals surface area contributed by atoms with Crippen LogP contribution >= 0.6 is 0 Å². The molecule has 0 saturated heterocycles. The van der Waals surface area contributed by atoms with Crippen LogP contribution < -0.4 is 5.73 Å². The third kappa shape index (κ3) is 2.21. The third-order valence-electron chi connectivity index (χ3n) is 5.31. The van der Waals surface area contributed by atoms with Crippen molar-refractivity contribution >= 4 is 0 Å². The minimum Gasteiger partial charge on any atom is -0.384 e. The first-order valence-corrected chi connectivity index (χ1v) is 7.55. The Morgan fingerprint density at radius 1 is 1.05 bits per heavy atom. The topological polar surface area (TPSA) is 35.2 Å². The molecule has 19 heavy (non-hydrogen) atoms. The Hall–Kier alpha value is -0.860. The van der Waals surface area contributed by atoms with Crippen molar-refractivity contribution in [2.24, 2.45) is 5.73 Å². The van der Waals surface area contributed by atoms with Crippen LogP contribution in [0.15, 0.2) is 24.3 Å². The summed E-state index contributed by atoms with van der Waals surface area (Å²) >= 11 is 0. The maximum Gasteiger partial charge on any atom is 0.0559 e. The van der Waals surface area contributed by atoms with E-state index in [2.05, 4.69) is 24.3 Å². The van der Waals surface area contributed by atoms with Crippen molar-refractivity contribution in [3.8, 4) is 0 Å². The van der Waals surface area contributed by atoms with E-state index in [1.165, 1.54) is 49.7 Å². The summed E-state index contributed by atoms with van der Waals surface area (Å²) in [5.41, 5.74) is 9.59. The Labute approximate surface area is 116 Å². The molecule has 0 atom stereocenters. The molecule has 2 N–H and O–H groups in total. The van der Waals surface area contributed by atoms with Gasteiger partial charge in [0.2, 0.25) is 0 Å². The number of nitrogens with two attached hydrogens (primary N) is 1. The van der Waals surface area contributed by atoms with E-state index < -0.39 is 0 Å². The van der Waals surface area contributed by atoms with Crippen LogP contribution in [0.2, 0.25) is 0 Å². The second-order valence-electron chi connectivity index (χ2n) is 6.49. The summed E-state index contributed by atoms with van der Waals surface area (Å²) in [5.74, 6) is 0. The number of methoxy groups -OCH3 is 1. The fraction of sp³-hybridized carbons (Fsp3) is 0.647. The lowest BCUT2D eigenvalue weighted by Gasteiger charge is -2.29. The van der Waals surface area contributed by atoms with E-state index >= 15 is 0 Å². The third-order valence-corrected chi connectivity index (χ3v) is 5.31. The summed E-state index contributed by atoms with van der Waals surface area (Å²) in [4.78, 5) is 0. The highest BCUT2D eigenvalue weighted by atomic mass is 16.5. The highest BCUT2D eigenvalue weighted by Crippen LogP contribution is 2.49. The molecule has 0 spiro atoms. The number of hydrogen-bond donors (Lipinski definition) is 1. The van der Waals surface area contributed by atoms with Crippen LogP contribution in [0.1, 0.15) is 49.7 Å². The molecule has 0 bridgehead atoms. The van der Waals surface area contributed by atoms with E-state index in [0.29, 0.717) is 5.41 Å². The Bertz CT molecular complexity index is 444. The predicted octanol–water partition coefficient (Wildman–Crippen LogP) is 3.14. The van der Waals surface area contributed by atoms with E-state index in [1.54, 1.807) is 0 Å². The van der Waals surface area contributed by atoms with Crippen molar-refractivity contribution in [1.29, 1.82) is 0 Å². The smallest absolute Gasteiger partial charge is 0.0559 e. The van der Waals surface area contributed by atoms with E-state index in [4.69, 9.17) is 10.5 Å². The molecule has 2 nitrogen and oxygen atoms in total. The van der Waals surface area contributed by atoms with Crippen molar-refractivity contribution < 1.29 is 4.74 Å². The highest BCUT2D eigenvalue weighted by Gasteiger charge is 2.45. The van der Waals surface area contributed by atoms with Crippen molar-refractivity contribution in [2.75, 3.05) is 20.3 Å². The Kier molecular flexibility index (Phi) is 3.40. The molecular formula is C17H25NO. The molecule has 2 aliphatic carbocycles. The molecule has 0 amide bonds. The van der Waals surface area contributed by atoms with E-state index in [-0.39, 0.29) is 5.41 Å². The SMILES string of the molecule is COCC1(c2cccc(C3(CN)CCCC3)c2)CC1. The summed E-state index contributed by atoms with van der Waals surface area (Å²) < 4.78 is 5.42. The lowest BCUT2D eigenvalue weighted by Crippen LogP contribution is -2.32. The molecule has 0 aliphatic heterocycles. The van der Waals surface area contributed by atoms with Crippen LogP contribution in [0.3, 0.4) is 0 Å². The second-order valence-corrected chi connectivity index (χ2v) is 6.49. The first-order chi connectivity index (χ1) is 9.25. The van der Waals surface area contributed by atoms with Gasteiger partial charge in [0, 0.05) is 24.5 Å². The number of rotatable bonds is 5. The lowest BCUT2D eigenvalue weighted by molar-refractivity contribution is 0.171. The molecule has 1 aromatic carbocycles. The molecule has 0 unspecified atom stereocenters. The monoisotopic (exact) mass is 259 g/mol. The summed E-state index contributed by atoms with van der Waals surface area (Å²) in [6.07, 6.45) is 7.68. The van der Waals surface area contributed by atoms with Gasteiger partial charge in [-0.15, -0.1) is 0 Å². The molecule has 0 aromatic heterocycles. The van der Waals surface area contributed by atoms with E-state index in [0.717, 1.165) is 13.2 Å². The Balaban J connectivity index is 1.92. The Morgan fingerprint density at radius 2 is 1.68 bits per heavy atom. The predicted molar refractivity (Wildman–Crippen MR) is 78.4 cm³/mol. The standard InChI is InChI=1S/C17H25NO/c1-19-13-17(9-10-17)15-6-4-5-14(11-15)16(12-18)7-2-3-8-16/h4-6,11H,2-3,7-10,12-13,18H2,1H3. The highest BCUT2D eigenvalue weighted by molar-refractivity contribution is 5.38. The summed E-state index contributed by atoms with van der Waals surface area (Å²) in [7, 11) is 1.81. The van der Waals surface area contributed by atoms with Gasteiger partial charge >= 0.3 is 0 Å². The molecule has 1 aromatic rings. The van der Waals surface area contributed by atoms with Gasteiger partial charge in [-0.1, -0.05) is 37.1 Å². The fourth-order valence-electron chi connectivity index (χ4n) is 3.78. The van der Waals surface area contributed by atoms with Gasteiger partial charge in [-0.05, 0) is 36.8 Å². The van der Waals surface area contributed by atoms with Gasteiger partial charge < -0.3 is 10.5 Å². The molecule has 2 saturated carbocycles. The number of ether oxygens (including phenoxy) is 1. The molecule has 2 heteroatoms. The van der Waals surface area contributed by atoms with Crippen LogP contribution in [-0.4, -0.2) is 20.3 Å². The summed E-state index contributed by atoms with van der Waals surface area (Å²) in [6.45, 7) is 1.64. The van der Waals surface area contributed by atoms with Gasteiger partial charge in [0.15, 0.2) is 0 Å². The van der Waals surface area contributed by atoms with Gasteiger partial charge in [-0.3, -0.25) is 0 Å². The van der Waals surface area contributed by atoms with Crippen molar-refractivity contribution in [1.82, 2.24) is 0 Å². The average molecular weight is 259 g/mol. The first kappa shape index (κ1) is 13.1. The second kappa shape index (κ2) is 4.92. The fourth-order valence-corrected chi connectivity index (χ4v) is 3.78. The minimum atomic E-state index is 0.249. The minimum absolute atomic E-state index is 0.249. The van der Waals surface area contributed by atoms with Crippen LogP contribution in [0.4, 0.5) is 0 Å². The molecule has 0 heterocycles. The average Bonchev–Trinajstić information content (AvgIpc) is 3.07. The largest absolute Gasteiger partial charge is 0.384 e. The van der Waals surface area contributed by atoms with Gasteiger partial charge in [0.05, 0.1) is 6.61 Å². The van der Waals surface area contributed by atoms with Crippen molar-refractivity contribution in [2.45, 2.75) is 49.4 Å². The van der Waals surface area contributed by atoms with Crippen LogP contribution in [0.25, 0.3) is 0 Å². The van der Waals surface area contributed by atoms with Crippen molar-refractivity contribution in [3.63, 3.8) is 0 Å². The molecule has 2 aliphatic rings. The summed E-state index contributed by atoms with van der Waals surface area (Å²) in [6, 6.07) is 9.19. The van der Waals surface area contributed by atoms with E-state index in [9.17, 15) is 0 Å². The normalized spacial score (nSPS) is 23.5. The number of benzene rings is 1. The molecule has 0 radical (unpaired) electrons. The van der Waals surface area contributed by atoms with Gasteiger partial charge in [-0.2, -0.15) is 0 Å².